The smallest absolute Gasteiger partial charge is 0.194 e. The number of rotatable bonds is 3. The van der Waals surface area contributed by atoms with Crippen LogP contribution < -0.4 is 10.2 Å². The molecular weight excluding hydrogens is 371 g/mol. The molecule has 0 unspecified atom stereocenters. The Balaban J connectivity index is 0.00000180. The highest BCUT2D eigenvalue weighted by Gasteiger charge is 2.19. The van der Waals surface area contributed by atoms with Crippen molar-refractivity contribution in [1.82, 2.24) is 10.2 Å². The fraction of sp³-hybridized carbons (Fsp3) is 0.462. The number of piperazine rings is 1. The zero-order valence-electron chi connectivity index (χ0n) is 11.2. The van der Waals surface area contributed by atoms with Gasteiger partial charge in [0.25, 0.3) is 0 Å². The topological polar surface area (TPSA) is 30.9 Å². The molecule has 1 aliphatic rings. The van der Waals surface area contributed by atoms with Crippen LogP contribution in [-0.4, -0.2) is 50.6 Å². The average molecular weight is 392 g/mol. The van der Waals surface area contributed by atoms with Crippen molar-refractivity contribution in [2.45, 2.75) is 0 Å². The van der Waals surface area contributed by atoms with Crippen molar-refractivity contribution in [3.05, 3.63) is 30.2 Å². The summed E-state index contributed by atoms with van der Waals surface area (Å²) in [4.78, 5) is 9.04. The predicted octanol–water partition coefficient (Wildman–Crippen LogP) is 2.25. The molecule has 1 aliphatic heterocycles. The normalized spacial score (nSPS) is 15.9. The van der Waals surface area contributed by atoms with Crippen LogP contribution in [0.1, 0.15) is 0 Å². The molecule has 1 aromatic heterocycles. The minimum atomic E-state index is 0. The molecule has 1 fully saturated rings. The number of hydrogen-bond acceptors (Lipinski definition) is 3. The summed E-state index contributed by atoms with van der Waals surface area (Å²) in [6.07, 6.45) is 1.85. The molecule has 0 bridgehead atoms. The number of anilines is 1. The second kappa shape index (κ2) is 8.42. The van der Waals surface area contributed by atoms with Gasteiger partial charge in [-0.25, -0.2) is 0 Å². The Morgan fingerprint density at radius 1 is 1.47 bits per heavy atom. The summed E-state index contributed by atoms with van der Waals surface area (Å²) in [6, 6.07) is 4.29. The molecule has 6 heteroatoms. The molecule has 0 spiro atoms. The van der Waals surface area contributed by atoms with Gasteiger partial charge in [0.1, 0.15) is 0 Å². The van der Waals surface area contributed by atoms with Crippen LogP contribution in [0.5, 0.6) is 0 Å². The number of nitrogens with one attached hydrogen (secondary N) is 1. The summed E-state index contributed by atoms with van der Waals surface area (Å²) in [6.45, 7) is 8.60. The monoisotopic (exact) mass is 392 g/mol. The van der Waals surface area contributed by atoms with Crippen LogP contribution >= 0.6 is 35.3 Å². The summed E-state index contributed by atoms with van der Waals surface area (Å²) < 4.78 is 0. The lowest BCUT2D eigenvalue weighted by Crippen LogP contribution is -2.52. The highest BCUT2D eigenvalue weighted by Crippen LogP contribution is 2.22. The van der Waals surface area contributed by atoms with E-state index in [1.54, 1.807) is 11.3 Å². The van der Waals surface area contributed by atoms with E-state index in [-0.39, 0.29) is 24.0 Å². The number of aliphatic imine (C=N–C) groups is 1. The van der Waals surface area contributed by atoms with Gasteiger partial charge in [-0.05, 0) is 17.5 Å². The van der Waals surface area contributed by atoms with Gasteiger partial charge in [0, 0.05) is 39.8 Å². The predicted molar refractivity (Wildman–Crippen MR) is 95.1 cm³/mol. The Hall–Kier alpha value is -0.760. The van der Waals surface area contributed by atoms with Crippen LogP contribution in [0.25, 0.3) is 0 Å². The molecule has 0 aliphatic carbocycles. The third kappa shape index (κ3) is 4.38. The van der Waals surface area contributed by atoms with E-state index in [1.807, 2.05) is 13.1 Å². The third-order valence-corrected chi connectivity index (χ3v) is 3.94. The van der Waals surface area contributed by atoms with Crippen LogP contribution in [0.2, 0.25) is 0 Å². The maximum Gasteiger partial charge on any atom is 0.194 e. The van der Waals surface area contributed by atoms with Crippen LogP contribution in [0.3, 0.4) is 0 Å². The summed E-state index contributed by atoms with van der Waals surface area (Å²) in [7, 11) is 1.83. The van der Waals surface area contributed by atoms with Crippen molar-refractivity contribution in [3.63, 3.8) is 0 Å². The molecule has 2 heterocycles. The van der Waals surface area contributed by atoms with E-state index in [1.165, 1.54) is 5.00 Å². The zero-order valence-corrected chi connectivity index (χ0v) is 14.4. The third-order valence-electron chi connectivity index (χ3n) is 3.01. The lowest BCUT2D eigenvalue weighted by Gasteiger charge is -2.36. The summed E-state index contributed by atoms with van der Waals surface area (Å²) >= 11 is 1.81. The largest absolute Gasteiger partial charge is 0.360 e. The van der Waals surface area contributed by atoms with E-state index < -0.39 is 0 Å². The first-order valence-electron chi connectivity index (χ1n) is 6.20. The number of nitrogens with zero attached hydrogens (tertiary/aromatic N) is 3. The van der Waals surface area contributed by atoms with Crippen molar-refractivity contribution in [2.24, 2.45) is 4.99 Å². The van der Waals surface area contributed by atoms with E-state index in [4.69, 9.17) is 0 Å². The highest BCUT2D eigenvalue weighted by atomic mass is 127. The van der Waals surface area contributed by atoms with E-state index in [9.17, 15) is 0 Å². The van der Waals surface area contributed by atoms with Gasteiger partial charge in [0.05, 0.1) is 5.00 Å². The number of halogens is 1. The summed E-state index contributed by atoms with van der Waals surface area (Å²) in [5.41, 5.74) is 0. The van der Waals surface area contributed by atoms with Crippen molar-refractivity contribution in [2.75, 3.05) is 44.7 Å². The molecule has 0 aromatic carbocycles. The minimum Gasteiger partial charge on any atom is -0.360 e. The van der Waals surface area contributed by atoms with Gasteiger partial charge < -0.3 is 15.1 Å². The Morgan fingerprint density at radius 3 is 2.74 bits per heavy atom. The van der Waals surface area contributed by atoms with Crippen molar-refractivity contribution in [3.8, 4) is 0 Å². The molecule has 106 valence electrons. The Morgan fingerprint density at radius 2 is 2.21 bits per heavy atom. The maximum absolute atomic E-state index is 4.30. The van der Waals surface area contributed by atoms with E-state index >= 15 is 0 Å². The van der Waals surface area contributed by atoms with Crippen molar-refractivity contribution in [1.29, 1.82) is 0 Å². The lowest BCUT2D eigenvalue weighted by atomic mass is 10.3. The van der Waals surface area contributed by atoms with Crippen LogP contribution in [-0.2, 0) is 0 Å². The molecule has 4 nitrogen and oxygen atoms in total. The quantitative estimate of drug-likeness (QED) is 0.371. The maximum atomic E-state index is 4.30. The molecule has 19 heavy (non-hydrogen) atoms. The van der Waals surface area contributed by atoms with Gasteiger partial charge in [-0.3, -0.25) is 4.99 Å². The Labute approximate surface area is 136 Å². The second-order valence-electron chi connectivity index (χ2n) is 4.14. The molecule has 2 rings (SSSR count). The minimum absolute atomic E-state index is 0. The Bertz CT molecular complexity index is 397. The van der Waals surface area contributed by atoms with E-state index in [2.05, 4.69) is 44.2 Å². The first-order chi connectivity index (χ1) is 8.85. The van der Waals surface area contributed by atoms with Gasteiger partial charge >= 0.3 is 0 Å². The lowest BCUT2D eigenvalue weighted by molar-refractivity contribution is 0.375. The van der Waals surface area contributed by atoms with E-state index in [0.29, 0.717) is 0 Å². The first kappa shape index (κ1) is 16.3. The SMILES string of the molecule is C=CCNC(=NC)N1CCN(c2cccs2)CC1.I. The molecular formula is C13H21IN4S. The molecule has 0 atom stereocenters. The fourth-order valence-corrected chi connectivity index (χ4v) is 2.87. The fourth-order valence-electron chi connectivity index (χ4n) is 2.08. The summed E-state index contributed by atoms with van der Waals surface area (Å²) in [5, 5.41) is 6.78. The van der Waals surface area contributed by atoms with Crippen LogP contribution in [0.15, 0.2) is 35.2 Å². The number of hydrogen-bond donors (Lipinski definition) is 1. The van der Waals surface area contributed by atoms with Gasteiger partial charge in [-0.2, -0.15) is 0 Å². The van der Waals surface area contributed by atoms with Gasteiger partial charge in [-0.1, -0.05) is 6.08 Å². The summed E-state index contributed by atoms with van der Waals surface area (Å²) in [5.74, 6) is 0.973. The van der Waals surface area contributed by atoms with E-state index in [0.717, 1.165) is 38.7 Å². The average Bonchev–Trinajstić information content (AvgIpc) is 2.94. The molecule has 0 amide bonds. The molecule has 0 saturated carbocycles. The van der Waals surface area contributed by atoms with Gasteiger partial charge in [-0.15, -0.1) is 41.9 Å². The first-order valence-corrected chi connectivity index (χ1v) is 7.08. The van der Waals surface area contributed by atoms with Crippen LogP contribution in [0, 0.1) is 0 Å². The molecule has 1 aromatic rings. The van der Waals surface area contributed by atoms with Crippen LogP contribution in [0.4, 0.5) is 5.00 Å². The van der Waals surface area contributed by atoms with Gasteiger partial charge in [0.2, 0.25) is 0 Å². The Kier molecular flexibility index (Phi) is 7.22. The standard InChI is InChI=1S/C13H20N4S.HI/c1-3-6-15-13(14-2)17-9-7-16(8-10-17)12-5-4-11-18-12;/h3-5,11H,1,6-10H2,2H3,(H,14,15);1H. The van der Waals surface area contributed by atoms with Crippen molar-refractivity contribution >= 4 is 46.3 Å². The molecule has 1 N–H and O–H groups in total. The van der Waals surface area contributed by atoms with Crippen molar-refractivity contribution < 1.29 is 0 Å². The van der Waals surface area contributed by atoms with Gasteiger partial charge in [0.15, 0.2) is 5.96 Å². The number of guanidine groups is 1. The molecule has 1 saturated heterocycles. The highest BCUT2D eigenvalue weighted by molar-refractivity contribution is 14.0. The zero-order chi connectivity index (χ0) is 12.8. The number of thiophene rings is 1. The molecule has 0 radical (unpaired) electrons. The second-order valence-corrected chi connectivity index (χ2v) is 5.07.